The summed E-state index contributed by atoms with van der Waals surface area (Å²) < 4.78 is 5.06. The van der Waals surface area contributed by atoms with Crippen LogP contribution in [0.15, 0.2) is 30.3 Å². The van der Waals surface area contributed by atoms with Crippen LogP contribution in [0.5, 0.6) is 11.5 Å². The van der Waals surface area contributed by atoms with Crippen molar-refractivity contribution in [3.05, 3.63) is 51.0 Å². The molecule has 0 saturated carbocycles. The van der Waals surface area contributed by atoms with Crippen LogP contribution < -0.4 is 10.1 Å². The third-order valence-corrected chi connectivity index (χ3v) is 3.54. The lowest BCUT2D eigenvalue weighted by Crippen LogP contribution is -2.12. The van der Waals surface area contributed by atoms with E-state index in [-0.39, 0.29) is 16.3 Å². The lowest BCUT2D eigenvalue weighted by Gasteiger charge is -2.11. The molecule has 0 heterocycles. The number of anilines is 1. The average molecular weight is 347 g/mol. The Morgan fingerprint density at radius 1 is 1.14 bits per heavy atom. The van der Waals surface area contributed by atoms with Gasteiger partial charge in [0.25, 0.3) is 5.91 Å². The molecule has 0 saturated heterocycles. The molecule has 0 fully saturated rings. The lowest BCUT2D eigenvalue weighted by molar-refractivity contribution is 0.102. The fourth-order valence-electron chi connectivity index (χ4n) is 1.66. The first-order chi connectivity index (χ1) is 9.92. The van der Waals surface area contributed by atoms with Crippen LogP contribution in [0.1, 0.15) is 10.4 Å². The zero-order valence-corrected chi connectivity index (χ0v) is 13.1. The molecule has 0 atom stereocenters. The minimum Gasteiger partial charge on any atom is -0.507 e. The molecule has 2 rings (SSSR count). The second-order valence-corrected chi connectivity index (χ2v) is 5.33. The molecule has 21 heavy (non-hydrogen) atoms. The molecule has 0 radical (unpaired) electrons. The maximum atomic E-state index is 12.2. The van der Waals surface area contributed by atoms with E-state index in [1.54, 1.807) is 0 Å². The fraction of sp³-hybridized carbons (Fsp3) is 0.0714. The smallest absolute Gasteiger partial charge is 0.259 e. The van der Waals surface area contributed by atoms with Gasteiger partial charge in [0.05, 0.1) is 28.4 Å². The molecule has 2 N–H and O–H groups in total. The SMILES string of the molecule is COc1cc(NC(=O)c2cc(Cl)ccc2O)c(Cl)cc1Cl. The number of hydrogen-bond acceptors (Lipinski definition) is 3. The van der Waals surface area contributed by atoms with E-state index >= 15 is 0 Å². The van der Waals surface area contributed by atoms with Crippen LogP contribution in [-0.2, 0) is 0 Å². The Kier molecular flexibility index (Phi) is 4.83. The summed E-state index contributed by atoms with van der Waals surface area (Å²) in [5.74, 6) is -0.373. The van der Waals surface area contributed by atoms with Gasteiger partial charge in [0.2, 0.25) is 0 Å². The summed E-state index contributed by atoms with van der Waals surface area (Å²) >= 11 is 17.7. The van der Waals surface area contributed by atoms with Crippen LogP contribution in [0.25, 0.3) is 0 Å². The number of nitrogens with one attached hydrogen (secondary N) is 1. The van der Waals surface area contributed by atoms with E-state index in [2.05, 4.69) is 5.32 Å². The predicted molar refractivity (Wildman–Crippen MR) is 84.1 cm³/mol. The van der Waals surface area contributed by atoms with Crippen molar-refractivity contribution in [1.82, 2.24) is 0 Å². The molecule has 2 aromatic carbocycles. The molecule has 0 aliphatic heterocycles. The first-order valence-corrected chi connectivity index (χ1v) is 6.88. The fourth-order valence-corrected chi connectivity index (χ4v) is 2.34. The molecule has 1 amide bonds. The number of phenols is 1. The molecule has 4 nitrogen and oxygen atoms in total. The minimum atomic E-state index is -0.554. The van der Waals surface area contributed by atoms with Crippen molar-refractivity contribution >= 4 is 46.4 Å². The number of hydrogen-bond donors (Lipinski definition) is 2. The summed E-state index contributed by atoms with van der Waals surface area (Å²) in [6.45, 7) is 0. The van der Waals surface area contributed by atoms with Crippen LogP contribution in [0, 0.1) is 0 Å². The summed E-state index contributed by atoms with van der Waals surface area (Å²) in [6, 6.07) is 7.11. The van der Waals surface area contributed by atoms with Gasteiger partial charge in [0.1, 0.15) is 11.5 Å². The molecule has 0 aromatic heterocycles. The van der Waals surface area contributed by atoms with E-state index in [1.807, 2.05) is 0 Å². The van der Waals surface area contributed by atoms with Crippen molar-refractivity contribution in [1.29, 1.82) is 0 Å². The maximum absolute atomic E-state index is 12.2. The Morgan fingerprint density at radius 2 is 1.86 bits per heavy atom. The topological polar surface area (TPSA) is 58.6 Å². The van der Waals surface area contributed by atoms with Crippen molar-refractivity contribution in [3.63, 3.8) is 0 Å². The quantitative estimate of drug-likeness (QED) is 0.853. The molecule has 7 heteroatoms. The van der Waals surface area contributed by atoms with Gasteiger partial charge in [0.15, 0.2) is 0 Å². The first-order valence-electron chi connectivity index (χ1n) is 5.75. The number of aromatic hydroxyl groups is 1. The van der Waals surface area contributed by atoms with Crippen molar-refractivity contribution in [3.8, 4) is 11.5 Å². The Hall–Kier alpha value is -1.62. The standard InChI is InChI=1S/C14H10Cl3NO3/c1-21-13-6-11(9(16)5-10(13)17)18-14(20)8-4-7(15)2-3-12(8)19/h2-6,19H,1H3,(H,18,20). The van der Waals surface area contributed by atoms with Crippen molar-refractivity contribution in [2.75, 3.05) is 12.4 Å². The Balaban J connectivity index is 2.33. The van der Waals surface area contributed by atoms with E-state index < -0.39 is 5.91 Å². The van der Waals surface area contributed by atoms with E-state index in [1.165, 1.54) is 37.4 Å². The van der Waals surface area contributed by atoms with Gasteiger partial charge < -0.3 is 15.2 Å². The second kappa shape index (κ2) is 6.43. The van der Waals surface area contributed by atoms with Crippen LogP contribution >= 0.6 is 34.8 Å². The molecule has 110 valence electrons. The highest BCUT2D eigenvalue weighted by Gasteiger charge is 2.15. The van der Waals surface area contributed by atoms with E-state index in [9.17, 15) is 9.90 Å². The second-order valence-electron chi connectivity index (χ2n) is 4.08. The number of rotatable bonds is 3. The Labute approximate surface area is 136 Å². The highest BCUT2D eigenvalue weighted by atomic mass is 35.5. The zero-order chi connectivity index (χ0) is 15.6. The minimum absolute atomic E-state index is 0.0347. The van der Waals surface area contributed by atoms with Crippen molar-refractivity contribution in [2.45, 2.75) is 0 Å². The van der Waals surface area contributed by atoms with Crippen LogP contribution in [0.2, 0.25) is 15.1 Å². The van der Waals surface area contributed by atoms with E-state index in [0.717, 1.165) is 0 Å². The normalized spacial score (nSPS) is 10.3. The summed E-state index contributed by atoms with van der Waals surface area (Å²) in [4.78, 5) is 12.2. The molecule has 2 aromatic rings. The third-order valence-electron chi connectivity index (χ3n) is 2.69. The number of carbonyl (C=O) groups is 1. The molecule has 0 unspecified atom stereocenters. The molecule has 0 aliphatic rings. The van der Waals surface area contributed by atoms with Gasteiger partial charge in [-0.25, -0.2) is 0 Å². The molecule has 0 aliphatic carbocycles. The third kappa shape index (κ3) is 3.53. The number of benzene rings is 2. The Morgan fingerprint density at radius 3 is 2.52 bits per heavy atom. The Bertz CT molecular complexity index is 704. The van der Waals surface area contributed by atoms with E-state index in [0.29, 0.717) is 21.5 Å². The van der Waals surface area contributed by atoms with Gasteiger partial charge in [-0.3, -0.25) is 4.79 Å². The number of amides is 1. The first kappa shape index (κ1) is 15.8. The van der Waals surface area contributed by atoms with Crippen molar-refractivity contribution in [2.24, 2.45) is 0 Å². The monoisotopic (exact) mass is 345 g/mol. The van der Waals surface area contributed by atoms with E-state index in [4.69, 9.17) is 39.5 Å². The molecule has 0 bridgehead atoms. The zero-order valence-electron chi connectivity index (χ0n) is 10.8. The highest BCUT2D eigenvalue weighted by molar-refractivity contribution is 6.37. The van der Waals surface area contributed by atoms with Gasteiger partial charge in [-0.1, -0.05) is 34.8 Å². The maximum Gasteiger partial charge on any atom is 0.259 e. The van der Waals surface area contributed by atoms with Crippen LogP contribution in [0.4, 0.5) is 5.69 Å². The number of phenolic OH excluding ortho intramolecular Hbond substituents is 1. The molecule has 0 spiro atoms. The predicted octanol–water partition coefficient (Wildman–Crippen LogP) is 4.61. The largest absolute Gasteiger partial charge is 0.507 e. The molecular weight excluding hydrogens is 337 g/mol. The summed E-state index contributed by atoms with van der Waals surface area (Å²) in [6.07, 6.45) is 0. The average Bonchev–Trinajstić information content (AvgIpc) is 2.44. The summed E-state index contributed by atoms with van der Waals surface area (Å²) in [7, 11) is 1.45. The van der Waals surface area contributed by atoms with Gasteiger partial charge in [-0.05, 0) is 24.3 Å². The number of ether oxygens (including phenoxy) is 1. The number of halogens is 3. The molecular formula is C14H10Cl3NO3. The van der Waals surface area contributed by atoms with Gasteiger partial charge in [0, 0.05) is 11.1 Å². The van der Waals surface area contributed by atoms with Gasteiger partial charge >= 0.3 is 0 Å². The number of carbonyl (C=O) groups excluding carboxylic acids is 1. The van der Waals surface area contributed by atoms with Crippen molar-refractivity contribution < 1.29 is 14.6 Å². The summed E-state index contributed by atoms with van der Waals surface area (Å²) in [5.41, 5.74) is 0.342. The van der Waals surface area contributed by atoms with Crippen LogP contribution in [-0.4, -0.2) is 18.1 Å². The van der Waals surface area contributed by atoms with Gasteiger partial charge in [-0.15, -0.1) is 0 Å². The van der Waals surface area contributed by atoms with Crippen LogP contribution in [0.3, 0.4) is 0 Å². The lowest BCUT2D eigenvalue weighted by atomic mass is 10.2. The summed E-state index contributed by atoms with van der Waals surface area (Å²) in [5, 5.41) is 13.2. The number of methoxy groups -OCH3 is 1. The van der Waals surface area contributed by atoms with Gasteiger partial charge in [-0.2, -0.15) is 0 Å². The highest BCUT2D eigenvalue weighted by Crippen LogP contribution is 2.34.